The first kappa shape index (κ1) is 12.0. The van der Waals surface area contributed by atoms with Gasteiger partial charge in [0.05, 0.1) is 17.5 Å². The monoisotopic (exact) mass is 271 g/mol. The summed E-state index contributed by atoms with van der Waals surface area (Å²) >= 11 is 1.65. The van der Waals surface area contributed by atoms with E-state index < -0.39 is 0 Å². The van der Waals surface area contributed by atoms with Crippen molar-refractivity contribution < 1.29 is 4.42 Å². The van der Waals surface area contributed by atoms with Crippen LogP contribution in [0.3, 0.4) is 0 Å². The number of nitrogens with zero attached hydrogens (tertiary/aromatic N) is 2. The van der Waals surface area contributed by atoms with E-state index >= 15 is 0 Å². The molecule has 96 valence electrons. The Hall–Kier alpha value is -2.01. The molecule has 0 aliphatic heterocycles. The Bertz CT molecular complexity index is 682. The zero-order valence-corrected chi connectivity index (χ0v) is 11.3. The third-order valence-electron chi connectivity index (χ3n) is 2.72. The zero-order valence-electron chi connectivity index (χ0n) is 10.5. The number of nitrogens with one attached hydrogen (secondary N) is 1. The predicted octanol–water partition coefficient (Wildman–Crippen LogP) is 3.56. The smallest absolute Gasteiger partial charge is 0.224 e. The number of benzene rings is 1. The number of hydrogen-bond acceptors (Lipinski definition) is 5. The molecule has 3 rings (SSSR count). The minimum atomic E-state index is 0.639. The van der Waals surface area contributed by atoms with Crippen molar-refractivity contribution in [2.24, 2.45) is 0 Å². The van der Waals surface area contributed by atoms with Gasteiger partial charge in [-0.05, 0) is 18.2 Å². The molecule has 2 heterocycles. The normalized spacial score (nSPS) is 10.8. The van der Waals surface area contributed by atoms with Crippen molar-refractivity contribution in [2.75, 3.05) is 12.4 Å². The molecule has 0 amide bonds. The van der Waals surface area contributed by atoms with Gasteiger partial charge in [-0.15, -0.1) is 0 Å². The van der Waals surface area contributed by atoms with Gasteiger partial charge in [-0.3, -0.25) is 0 Å². The Morgan fingerprint density at radius 3 is 2.84 bits per heavy atom. The van der Waals surface area contributed by atoms with Crippen LogP contribution in [0.1, 0.15) is 5.76 Å². The second kappa shape index (κ2) is 5.32. The van der Waals surface area contributed by atoms with Crippen molar-refractivity contribution in [2.45, 2.75) is 10.8 Å². The maximum absolute atomic E-state index is 5.34. The minimum Gasteiger partial charge on any atom is -0.468 e. The number of thioether (sulfide) groups is 1. The first-order valence-electron chi connectivity index (χ1n) is 5.96. The number of para-hydroxylation sites is 1. The van der Waals surface area contributed by atoms with Gasteiger partial charge in [-0.2, -0.15) is 0 Å². The molecule has 2 aromatic heterocycles. The first-order valence-corrected chi connectivity index (χ1v) is 6.95. The van der Waals surface area contributed by atoms with Gasteiger partial charge in [-0.25, -0.2) is 9.97 Å². The fourth-order valence-corrected chi connectivity index (χ4v) is 2.73. The van der Waals surface area contributed by atoms with Gasteiger partial charge in [0.2, 0.25) is 5.95 Å². The molecule has 5 heteroatoms. The molecule has 1 N–H and O–H groups in total. The number of rotatable bonds is 4. The fraction of sp³-hybridized carbons (Fsp3) is 0.143. The molecule has 0 unspecified atom stereocenters. The third kappa shape index (κ3) is 2.56. The highest BCUT2D eigenvalue weighted by molar-refractivity contribution is 7.98. The Kier molecular flexibility index (Phi) is 3.37. The maximum Gasteiger partial charge on any atom is 0.224 e. The second-order valence-corrected chi connectivity index (χ2v) is 4.95. The minimum absolute atomic E-state index is 0.639. The molecule has 0 bridgehead atoms. The van der Waals surface area contributed by atoms with Crippen molar-refractivity contribution in [3.05, 3.63) is 48.4 Å². The topological polar surface area (TPSA) is 51.0 Å². The van der Waals surface area contributed by atoms with Crippen LogP contribution in [0.5, 0.6) is 0 Å². The Morgan fingerprint density at radius 1 is 1.16 bits per heavy atom. The van der Waals surface area contributed by atoms with Crippen LogP contribution in [-0.4, -0.2) is 17.0 Å². The average molecular weight is 271 g/mol. The van der Waals surface area contributed by atoms with E-state index in [0.717, 1.165) is 27.4 Å². The van der Waals surface area contributed by atoms with Gasteiger partial charge < -0.3 is 9.73 Å². The van der Waals surface area contributed by atoms with E-state index in [4.69, 9.17) is 4.42 Å². The van der Waals surface area contributed by atoms with E-state index in [2.05, 4.69) is 15.3 Å². The van der Waals surface area contributed by atoms with E-state index in [1.54, 1.807) is 18.0 Å². The Labute approximate surface area is 115 Å². The molecular formula is C14H13N3OS. The van der Waals surface area contributed by atoms with Crippen LogP contribution in [0.15, 0.2) is 52.1 Å². The van der Waals surface area contributed by atoms with Crippen molar-refractivity contribution >= 4 is 28.6 Å². The molecule has 1 aromatic carbocycles. The van der Waals surface area contributed by atoms with E-state index in [-0.39, 0.29) is 0 Å². The zero-order chi connectivity index (χ0) is 13.1. The fourth-order valence-electron chi connectivity index (χ4n) is 1.80. The maximum atomic E-state index is 5.34. The molecule has 0 fully saturated rings. The molecule has 0 aliphatic rings. The lowest BCUT2D eigenvalue weighted by Crippen LogP contribution is -1.98. The molecule has 0 spiro atoms. The summed E-state index contributed by atoms with van der Waals surface area (Å²) in [6.07, 6.45) is 1.69. The van der Waals surface area contributed by atoms with Crippen LogP contribution < -0.4 is 5.32 Å². The van der Waals surface area contributed by atoms with Crippen LogP contribution in [0.4, 0.5) is 5.95 Å². The average Bonchev–Trinajstić information content (AvgIpc) is 2.97. The van der Waals surface area contributed by atoms with Gasteiger partial charge in [0.15, 0.2) is 0 Å². The Balaban J connectivity index is 1.96. The van der Waals surface area contributed by atoms with Gasteiger partial charge >= 0.3 is 0 Å². The van der Waals surface area contributed by atoms with E-state index in [1.165, 1.54) is 0 Å². The van der Waals surface area contributed by atoms with Crippen molar-refractivity contribution in [3.8, 4) is 0 Å². The van der Waals surface area contributed by atoms with Gasteiger partial charge in [0.1, 0.15) is 10.8 Å². The molecule has 0 atom stereocenters. The highest BCUT2D eigenvalue weighted by atomic mass is 32.2. The van der Waals surface area contributed by atoms with E-state index in [1.807, 2.05) is 43.4 Å². The lowest BCUT2D eigenvalue weighted by molar-refractivity contribution is 0.530. The SMILES string of the molecule is CNc1nc(SCc2ccco2)c2ccccc2n1. The van der Waals surface area contributed by atoms with Gasteiger partial charge in [0, 0.05) is 12.4 Å². The van der Waals surface area contributed by atoms with Crippen LogP contribution >= 0.6 is 11.8 Å². The molecule has 0 saturated heterocycles. The Morgan fingerprint density at radius 2 is 2.05 bits per heavy atom. The van der Waals surface area contributed by atoms with Crippen LogP contribution in [0.2, 0.25) is 0 Å². The summed E-state index contributed by atoms with van der Waals surface area (Å²) in [4.78, 5) is 8.96. The molecule has 0 saturated carbocycles. The largest absolute Gasteiger partial charge is 0.468 e. The predicted molar refractivity (Wildman–Crippen MR) is 77.4 cm³/mol. The number of aromatic nitrogens is 2. The third-order valence-corrected chi connectivity index (χ3v) is 3.74. The van der Waals surface area contributed by atoms with Crippen LogP contribution in [0.25, 0.3) is 10.9 Å². The summed E-state index contributed by atoms with van der Waals surface area (Å²) in [6, 6.07) is 11.9. The summed E-state index contributed by atoms with van der Waals surface area (Å²) in [7, 11) is 1.82. The number of hydrogen-bond donors (Lipinski definition) is 1. The van der Waals surface area contributed by atoms with Gasteiger partial charge in [-0.1, -0.05) is 30.0 Å². The van der Waals surface area contributed by atoms with Crippen molar-refractivity contribution in [1.82, 2.24) is 9.97 Å². The molecular weight excluding hydrogens is 258 g/mol. The second-order valence-electron chi connectivity index (χ2n) is 3.99. The summed E-state index contributed by atoms with van der Waals surface area (Å²) in [5, 5.41) is 5.03. The number of fused-ring (bicyclic) bond motifs is 1. The van der Waals surface area contributed by atoms with E-state index in [9.17, 15) is 0 Å². The summed E-state index contributed by atoms with van der Waals surface area (Å²) in [5.41, 5.74) is 0.948. The summed E-state index contributed by atoms with van der Waals surface area (Å²) < 4.78 is 5.34. The quantitative estimate of drug-likeness (QED) is 0.581. The summed E-state index contributed by atoms with van der Waals surface area (Å²) in [6.45, 7) is 0. The van der Waals surface area contributed by atoms with Crippen molar-refractivity contribution in [1.29, 1.82) is 0 Å². The van der Waals surface area contributed by atoms with Crippen LogP contribution in [0, 0.1) is 0 Å². The van der Waals surface area contributed by atoms with Gasteiger partial charge in [0.25, 0.3) is 0 Å². The molecule has 0 aliphatic carbocycles. The highest BCUT2D eigenvalue weighted by Crippen LogP contribution is 2.28. The number of furan rings is 1. The van der Waals surface area contributed by atoms with Crippen molar-refractivity contribution in [3.63, 3.8) is 0 Å². The molecule has 4 nitrogen and oxygen atoms in total. The number of anilines is 1. The summed E-state index contributed by atoms with van der Waals surface area (Å²) in [5.74, 6) is 2.34. The lowest BCUT2D eigenvalue weighted by Gasteiger charge is -2.07. The molecule has 19 heavy (non-hydrogen) atoms. The van der Waals surface area contributed by atoms with E-state index in [0.29, 0.717) is 5.95 Å². The molecule has 0 radical (unpaired) electrons. The van der Waals surface area contributed by atoms with Crippen LogP contribution in [-0.2, 0) is 5.75 Å². The lowest BCUT2D eigenvalue weighted by atomic mass is 10.2. The first-order chi connectivity index (χ1) is 9.36. The molecule has 3 aromatic rings. The highest BCUT2D eigenvalue weighted by Gasteiger charge is 2.08. The standard InChI is InChI=1S/C14H13N3OS/c1-15-14-16-12-7-3-2-6-11(12)13(17-14)19-9-10-5-4-8-18-10/h2-8H,9H2,1H3,(H,15,16,17).